The lowest BCUT2D eigenvalue weighted by Gasteiger charge is -2.09. The first-order valence-electron chi connectivity index (χ1n) is 4.97. The van der Waals surface area contributed by atoms with Gasteiger partial charge in [-0.2, -0.15) is 0 Å². The van der Waals surface area contributed by atoms with Gasteiger partial charge in [0.25, 0.3) is 6.54 Å². The Balaban J connectivity index is 2.94. The van der Waals surface area contributed by atoms with Crippen LogP contribution in [-0.4, -0.2) is 31.0 Å². The van der Waals surface area contributed by atoms with Crippen LogP contribution in [0, 0.1) is 22.5 Å². The van der Waals surface area contributed by atoms with Crippen LogP contribution >= 0.6 is 0 Å². The molecule has 0 N–H and O–H groups in total. The van der Waals surface area contributed by atoms with Gasteiger partial charge in [0, 0.05) is 10.5 Å². The van der Waals surface area contributed by atoms with Crippen molar-refractivity contribution in [3.63, 3.8) is 0 Å². The number of hydrogen-bond donors (Lipinski definition) is 0. The van der Waals surface area contributed by atoms with Crippen LogP contribution in [0.5, 0.6) is 11.5 Å². The number of terminal acetylenes is 1. The lowest BCUT2D eigenvalue weighted by molar-refractivity contribution is -0.465. The Kier molecular flexibility index (Phi) is 4.69. The van der Waals surface area contributed by atoms with E-state index in [-0.39, 0.29) is 12.2 Å². The third-order valence-corrected chi connectivity index (χ3v) is 2.07. The third kappa shape index (κ3) is 3.49. The highest BCUT2D eigenvalue weighted by Gasteiger charge is 2.15. The number of rotatable bonds is 6. The van der Waals surface area contributed by atoms with E-state index in [0.29, 0.717) is 11.5 Å². The summed E-state index contributed by atoms with van der Waals surface area (Å²) in [6.45, 7) is -0.688. The zero-order chi connectivity index (χ0) is 13.5. The van der Waals surface area contributed by atoms with Gasteiger partial charge in [-0.05, 0) is 18.2 Å². The Morgan fingerprint density at radius 2 is 2.22 bits per heavy atom. The fourth-order valence-corrected chi connectivity index (χ4v) is 1.29. The minimum atomic E-state index is -0.756. The number of nitrogens with zero attached hydrogens (tertiary/aromatic N) is 1. The van der Waals surface area contributed by atoms with Gasteiger partial charge in [0.2, 0.25) is 5.78 Å². The zero-order valence-electron chi connectivity index (χ0n) is 9.71. The molecule has 0 aliphatic carbocycles. The summed E-state index contributed by atoms with van der Waals surface area (Å²) >= 11 is 0. The highest BCUT2D eigenvalue weighted by Crippen LogP contribution is 2.28. The summed E-state index contributed by atoms with van der Waals surface area (Å²) in [5.41, 5.74) is 0.191. The first-order valence-corrected chi connectivity index (χ1v) is 4.97. The maximum atomic E-state index is 11.5. The largest absolute Gasteiger partial charge is 0.493 e. The first-order chi connectivity index (χ1) is 8.58. The summed E-state index contributed by atoms with van der Waals surface area (Å²) in [5, 5.41) is 10.3. The molecular formula is C12H11NO5. The maximum Gasteiger partial charge on any atom is 0.265 e. The fraction of sp³-hybridized carbons (Fsp3) is 0.250. The molecule has 1 rings (SSSR count). The highest BCUT2D eigenvalue weighted by molar-refractivity contribution is 5.97. The summed E-state index contributed by atoms with van der Waals surface area (Å²) in [6.07, 6.45) is 5.06. The molecule has 6 nitrogen and oxygen atoms in total. The monoisotopic (exact) mass is 249 g/mol. The maximum absolute atomic E-state index is 11.5. The van der Waals surface area contributed by atoms with E-state index in [0.717, 1.165) is 0 Å². The van der Waals surface area contributed by atoms with E-state index in [1.165, 1.54) is 25.3 Å². The number of methoxy groups -OCH3 is 1. The molecule has 6 heteroatoms. The number of hydrogen-bond acceptors (Lipinski definition) is 5. The molecule has 1 aromatic rings. The van der Waals surface area contributed by atoms with Crippen LogP contribution in [0.3, 0.4) is 0 Å². The number of Topliss-reactive ketones (excluding diaryl/α,β-unsaturated/α-hetero) is 1. The highest BCUT2D eigenvalue weighted by atomic mass is 16.6. The van der Waals surface area contributed by atoms with E-state index in [2.05, 4.69) is 5.92 Å². The van der Waals surface area contributed by atoms with E-state index >= 15 is 0 Å². The molecule has 0 bridgehead atoms. The van der Waals surface area contributed by atoms with Crippen molar-refractivity contribution in [1.82, 2.24) is 0 Å². The van der Waals surface area contributed by atoms with Crippen molar-refractivity contribution in [2.24, 2.45) is 0 Å². The van der Waals surface area contributed by atoms with Crippen LogP contribution in [-0.2, 0) is 0 Å². The van der Waals surface area contributed by atoms with Crippen molar-refractivity contribution in [1.29, 1.82) is 0 Å². The smallest absolute Gasteiger partial charge is 0.265 e. The van der Waals surface area contributed by atoms with Gasteiger partial charge >= 0.3 is 0 Å². The van der Waals surface area contributed by atoms with E-state index < -0.39 is 17.3 Å². The van der Waals surface area contributed by atoms with Crippen LogP contribution in [0.4, 0.5) is 0 Å². The topological polar surface area (TPSA) is 78.7 Å². The van der Waals surface area contributed by atoms with Crippen LogP contribution in [0.2, 0.25) is 0 Å². The molecule has 0 aliphatic heterocycles. The molecule has 0 radical (unpaired) electrons. The van der Waals surface area contributed by atoms with Crippen molar-refractivity contribution in [3.05, 3.63) is 33.9 Å². The molecule has 0 fully saturated rings. The molecule has 0 amide bonds. The Morgan fingerprint density at radius 1 is 1.50 bits per heavy atom. The van der Waals surface area contributed by atoms with E-state index in [1.807, 2.05) is 0 Å². The van der Waals surface area contributed by atoms with Gasteiger partial charge in [-0.25, -0.2) is 0 Å². The number of benzene rings is 1. The van der Waals surface area contributed by atoms with Crippen molar-refractivity contribution in [2.45, 2.75) is 0 Å². The van der Waals surface area contributed by atoms with Crippen LogP contribution < -0.4 is 9.47 Å². The quantitative estimate of drug-likeness (QED) is 0.327. The molecule has 0 unspecified atom stereocenters. The normalized spacial score (nSPS) is 9.33. The Morgan fingerprint density at radius 3 is 2.78 bits per heavy atom. The average molecular weight is 249 g/mol. The summed E-state index contributed by atoms with van der Waals surface area (Å²) in [7, 11) is 1.40. The number of carbonyl (C=O) groups excluding carboxylic acids is 1. The SMILES string of the molecule is C#CCOc1ccc(C(=O)C[N+](=O)[O-])cc1OC. The van der Waals surface area contributed by atoms with Gasteiger partial charge in [0.1, 0.15) is 6.61 Å². The summed E-state index contributed by atoms with van der Waals surface area (Å²) in [6, 6.07) is 4.31. The summed E-state index contributed by atoms with van der Waals surface area (Å²) in [5.74, 6) is 2.39. The second-order valence-electron chi connectivity index (χ2n) is 3.27. The minimum absolute atomic E-state index is 0.0680. The van der Waals surface area contributed by atoms with Gasteiger partial charge in [0.05, 0.1) is 7.11 Å². The molecule has 0 aromatic heterocycles. The predicted molar refractivity (Wildman–Crippen MR) is 63.5 cm³/mol. The van der Waals surface area contributed by atoms with Crippen LogP contribution in [0.25, 0.3) is 0 Å². The number of ether oxygens (including phenoxy) is 2. The molecule has 1 aromatic carbocycles. The minimum Gasteiger partial charge on any atom is -0.493 e. The third-order valence-electron chi connectivity index (χ3n) is 2.07. The average Bonchev–Trinajstić information content (AvgIpc) is 2.35. The van der Waals surface area contributed by atoms with Gasteiger partial charge < -0.3 is 9.47 Å². The van der Waals surface area contributed by atoms with Gasteiger partial charge in [-0.15, -0.1) is 6.42 Å². The summed E-state index contributed by atoms with van der Waals surface area (Å²) in [4.78, 5) is 21.0. The van der Waals surface area contributed by atoms with Crippen molar-refractivity contribution < 1.29 is 19.2 Å². The first kappa shape index (κ1) is 13.5. The zero-order valence-corrected chi connectivity index (χ0v) is 9.71. The fourth-order valence-electron chi connectivity index (χ4n) is 1.29. The van der Waals surface area contributed by atoms with E-state index in [1.54, 1.807) is 0 Å². The molecular weight excluding hydrogens is 238 g/mol. The van der Waals surface area contributed by atoms with Crippen molar-refractivity contribution in [3.8, 4) is 23.8 Å². The van der Waals surface area contributed by atoms with E-state index in [9.17, 15) is 14.9 Å². The number of ketones is 1. The summed E-state index contributed by atoms with van der Waals surface area (Å²) < 4.78 is 10.2. The van der Waals surface area contributed by atoms with Gasteiger partial charge in [-0.1, -0.05) is 5.92 Å². The molecule has 0 atom stereocenters. The number of carbonyl (C=O) groups is 1. The predicted octanol–water partition coefficient (Wildman–Crippen LogP) is 1.17. The van der Waals surface area contributed by atoms with Crippen LogP contribution in [0.1, 0.15) is 10.4 Å². The Bertz CT molecular complexity index is 504. The molecule has 0 aliphatic rings. The van der Waals surface area contributed by atoms with Gasteiger partial charge in [0.15, 0.2) is 11.5 Å². The van der Waals surface area contributed by atoms with Crippen molar-refractivity contribution in [2.75, 3.05) is 20.3 Å². The number of nitro groups is 1. The van der Waals surface area contributed by atoms with Gasteiger partial charge in [-0.3, -0.25) is 14.9 Å². The molecule has 0 heterocycles. The second kappa shape index (κ2) is 6.25. The molecule has 0 spiro atoms. The standard InChI is InChI=1S/C12H11NO5/c1-3-6-18-11-5-4-9(7-12(11)17-2)10(14)8-13(15)16/h1,4-5,7H,6,8H2,2H3. The molecule has 0 saturated heterocycles. The Hall–Kier alpha value is -2.55. The molecule has 94 valence electrons. The van der Waals surface area contributed by atoms with Crippen LogP contribution in [0.15, 0.2) is 18.2 Å². The lowest BCUT2D eigenvalue weighted by atomic mass is 10.1. The lowest BCUT2D eigenvalue weighted by Crippen LogP contribution is -2.13. The Labute approximate surface area is 104 Å². The van der Waals surface area contributed by atoms with Crippen molar-refractivity contribution >= 4 is 5.78 Å². The second-order valence-corrected chi connectivity index (χ2v) is 3.27. The van der Waals surface area contributed by atoms with E-state index in [4.69, 9.17) is 15.9 Å². The molecule has 0 saturated carbocycles. The molecule has 18 heavy (non-hydrogen) atoms.